The lowest BCUT2D eigenvalue weighted by molar-refractivity contribution is -0.138. The maximum atomic E-state index is 12.6. The van der Waals surface area contributed by atoms with E-state index in [0.29, 0.717) is 29.7 Å². The molecular formula is C15H28N2O. The van der Waals surface area contributed by atoms with Crippen molar-refractivity contribution in [3.05, 3.63) is 0 Å². The lowest BCUT2D eigenvalue weighted by atomic mass is 9.83. The van der Waals surface area contributed by atoms with Crippen LogP contribution in [0.15, 0.2) is 0 Å². The first-order chi connectivity index (χ1) is 8.41. The van der Waals surface area contributed by atoms with Gasteiger partial charge < -0.3 is 10.6 Å². The van der Waals surface area contributed by atoms with Crippen molar-refractivity contribution in [1.29, 1.82) is 0 Å². The maximum absolute atomic E-state index is 12.6. The second kappa shape index (κ2) is 5.20. The fourth-order valence-corrected chi connectivity index (χ4v) is 3.99. The number of nitrogens with two attached hydrogens (primary N) is 1. The Kier molecular flexibility index (Phi) is 4.00. The van der Waals surface area contributed by atoms with Gasteiger partial charge in [0.1, 0.15) is 0 Å². The first-order valence-corrected chi connectivity index (χ1v) is 7.44. The summed E-state index contributed by atoms with van der Waals surface area (Å²) in [4.78, 5) is 14.6. The molecule has 3 nitrogen and oxygen atoms in total. The van der Waals surface area contributed by atoms with Crippen molar-refractivity contribution >= 4 is 5.91 Å². The van der Waals surface area contributed by atoms with Crippen LogP contribution >= 0.6 is 0 Å². The second-order valence-corrected chi connectivity index (χ2v) is 6.86. The zero-order valence-corrected chi connectivity index (χ0v) is 12.2. The van der Waals surface area contributed by atoms with Crippen LogP contribution < -0.4 is 5.73 Å². The van der Waals surface area contributed by atoms with Crippen LogP contribution in [0.3, 0.4) is 0 Å². The van der Waals surface area contributed by atoms with Crippen LogP contribution in [0.25, 0.3) is 0 Å². The van der Waals surface area contributed by atoms with Crippen LogP contribution in [-0.4, -0.2) is 29.9 Å². The average molecular weight is 252 g/mol. The molecule has 2 bridgehead atoms. The lowest BCUT2D eigenvalue weighted by Crippen LogP contribution is -2.48. The molecule has 2 N–H and O–H groups in total. The number of rotatable bonds is 4. The van der Waals surface area contributed by atoms with Crippen molar-refractivity contribution in [2.45, 2.75) is 58.5 Å². The quantitative estimate of drug-likeness (QED) is 0.834. The van der Waals surface area contributed by atoms with E-state index in [0.717, 1.165) is 6.42 Å². The van der Waals surface area contributed by atoms with Gasteiger partial charge in [0, 0.05) is 19.1 Å². The molecule has 0 aromatic rings. The molecule has 5 unspecified atom stereocenters. The lowest BCUT2D eigenvalue weighted by Gasteiger charge is -2.34. The Morgan fingerprint density at radius 2 is 1.89 bits per heavy atom. The molecule has 2 fully saturated rings. The number of carbonyl (C=O) groups is 1. The molecule has 0 aliphatic heterocycles. The van der Waals surface area contributed by atoms with Gasteiger partial charge >= 0.3 is 0 Å². The zero-order chi connectivity index (χ0) is 13.4. The Labute approximate surface area is 111 Å². The van der Waals surface area contributed by atoms with Crippen LogP contribution in [-0.2, 0) is 4.79 Å². The molecule has 1 amide bonds. The van der Waals surface area contributed by atoms with Gasteiger partial charge in [-0.2, -0.15) is 0 Å². The number of fused-ring (bicyclic) bond motifs is 2. The van der Waals surface area contributed by atoms with Gasteiger partial charge in [0.2, 0.25) is 5.91 Å². The number of hydrogen-bond donors (Lipinski definition) is 1. The normalized spacial score (nSPS) is 36.1. The highest BCUT2D eigenvalue weighted by molar-refractivity contribution is 5.80. The van der Waals surface area contributed by atoms with Gasteiger partial charge in [-0.1, -0.05) is 13.8 Å². The van der Waals surface area contributed by atoms with Gasteiger partial charge in [0.05, 0.1) is 5.92 Å². The molecule has 0 aromatic heterocycles. The molecule has 0 aromatic carbocycles. The van der Waals surface area contributed by atoms with Gasteiger partial charge in [0.25, 0.3) is 0 Å². The Morgan fingerprint density at radius 3 is 2.39 bits per heavy atom. The first kappa shape index (κ1) is 13.9. The van der Waals surface area contributed by atoms with Crippen molar-refractivity contribution in [2.24, 2.45) is 29.4 Å². The summed E-state index contributed by atoms with van der Waals surface area (Å²) in [6.07, 6.45) is 4.70. The molecule has 2 aliphatic rings. The van der Waals surface area contributed by atoms with Crippen LogP contribution in [0, 0.1) is 23.7 Å². The Morgan fingerprint density at radius 1 is 1.28 bits per heavy atom. The summed E-state index contributed by atoms with van der Waals surface area (Å²) in [6.45, 7) is 6.56. The summed E-state index contributed by atoms with van der Waals surface area (Å²) in [6, 6.07) is 0.439. The molecule has 2 saturated carbocycles. The van der Waals surface area contributed by atoms with Crippen LogP contribution in [0.2, 0.25) is 0 Å². The number of hydrogen-bond acceptors (Lipinski definition) is 2. The summed E-state index contributed by atoms with van der Waals surface area (Å²) in [5.74, 6) is 2.19. The molecule has 3 heteroatoms. The van der Waals surface area contributed by atoms with E-state index in [-0.39, 0.29) is 12.0 Å². The van der Waals surface area contributed by atoms with Gasteiger partial charge in [-0.3, -0.25) is 4.79 Å². The van der Waals surface area contributed by atoms with Gasteiger partial charge in [-0.05, 0) is 50.4 Å². The Hall–Kier alpha value is -0.570. The second-order valence-electron chi connectivity index (χ2n) is 6.86. The first-order valence-electron chi connectivity index (χ1n) is 7.44. The minimum atomic E-state index is 0.100. The number of amides is 1. The highest BCUT2D eigenvalue weighted by atomic mass is 16.2. The molecule has 0 saturated heterocycles. The summed E-state index contributed by atoms with van der Waals surface area (Å²) in [5.41, 5.74) is 6.26. The van der Waals surface area contributed by atoms with Crippen LogP contribution in [0.1, 0.15) is 46.5 Å². The van der Waals surface area contributed by atoms with E-state index >= 15 is 0 Å². The van der Waals surface area contributed by atoms with Crippen molar-refractivity contribution in [2.75, 3.05) is 7.05 Å². The molecule has 0 heterocycles. The fraction of sp³-hybridized carbons (Fsp3) is 0.933. The maximum Gasteiger partial charge on any atom is 0.227 e. The molecule has 104 valence electrons. The SMILES string of the molecule is CC(C)CC(C)N(C)C(=O)C1C2CCC(C2)C1N. The molecular weight excluding hydrogens is 224 g/mol. The third kappa shape index (κ3) is 2.42. The van der Waals surface area contributed by atoms with Crippen molar-refractivity contribution in [1.82, 2.24) is 4.90 Å². The zero-order valence-electron chi connectivity index (χ0n) is 12.2. The number of nitrogens with zero attached hydrogens (tertiary/aromatic N) is 1. The van der Waals surface area contributed by atoms with Crippen LogP contribution in [0.5, 0.6) is 0 Å². The van der Waals surface area contributed by atoms with E-state index in [1.54, 1.807) is 0 Å². The van der Waals surface area contributed by atoms with E-state index in [1.807, 2.05) is 11.9 Å². The van der Waals surface area contributed by atoms with Crippen LogP contribution in [0.4, 0.5) is 0 Å². The third-order valence-electron chi connectivity index (χ3n) is 5.09. The largest absolute Gasteiger partial charge is 0.343 e. The Bertz CT molecular complexity index is 314. The molecule has 2 rings (SSSR count). The predicted octanol–water partition coefficient (Wildman–Crippen LogP) is 2.25. The average Bonchev–Trinajstić information content (AvgIpc) is 2.86. The Balaban J connectivity index is 1.98. The van der Waals surface area contributed by atoms with E-state index in [1.165, 1.54) is 19.3 Å². The van der Waals surface area contributed by atoms with Gasteiger partial charge in [0.15, 0.2) is 0 Å². The van der Waals surface area contributed by atoms with E-state index in [9.17, 15) is 4.79 Å². The summed E-state index contributed by atoms with van der Waals surface area (Å²) < 4.78 is 0. The monoisotopic (exact) mass is 252 g/mol. The van der Waals surface area contributed by atoms with E-state index < -0.39 is 0 Å². The van der Waals surface area contributed by atoms with Crippen molar-refractivity contribution in [3.63, 3.8) is 0 Å². The third-order valence-corrected chi connectivity index (χ3v) is 5.09. The minimum absolute atomic E-state index is 0.100. The summed E-state index contributed by atoms with van der Waals surface area (Å²) >= 11 is 0. The molecule has 0 spiro atoms. The summed E-state index contributed by atoms with van der Waals surface area (Å²) in [7, 11) is 1.95. The fourth-order valence-electron chi connectivity index (χ4n) is 3.99. The standard InChI is InChI=1S/C15H28N2O/c1-9(2)7-10(3)17(4)15(18)13-11-5-6-12(8-11)14(13)16/h9-14H,5-8,16H2,1-4H3. The summed E-state index contributed by atoms with van der Waals surface area (Å²) in [5, 5.41) is 0. The molecule has 0 radical (unpaired) electrons. The highest BCUT2D eigenvalue weighted by Crippen LogP contribution is 2.48. The number of carbonyl (C=O) groups excluding carboxylic acids is 1. The molecule has 18 heavy (non-hydrogen) atoms. The van der Waals surface area contributed by atoms with Crippen molar-refractivity contribution < 1.29 is 4.79 Å². The van der Waals surface area contributed by atoms with Crippen molar-refractivity contribution in [3.8, 4) is 0 Å². The van der Waals surface area contributed by atoms with Gasteiger partial charge in [-0.25, -0.2) is 0 Å². The smallest absolute Gasteiger partial charge is 0.227 e. The molecule has 5 atom stereocenters. The topological polar surface area (TPSA) is 46.3 Å². The van der Waals surface area contributed by atoms with E-state index in [4.69, 9.17) is 5.73 Å². The highest BCUT2D eigenvalue weighted by Gasteiger charge is 2.50. The predicted molar refractivity (Wildman–Crippen MR) is 74.0 cm³/mol. The van der Waals surface area contributed by atoms with Gasteiger partial charge in [-0.15, -0.1) is 0 Å². The minimum Gasteiger partial charge on any atom is -0.343 e. The molecule has 2 aliphatic carbocycles. The van der Waals surface area contributed by atoms with E-state index in [2.05, 4.69) is 20.8 Å².